The van der Waals surface area contributed by atoms with E-state index in [1.165, 1.54) is 5.57 Å². The Kier molecular flexibility index (Phi) is 8.87. The third kappa shape index (κ3) is 6.35. The van der Waals surface area contributed by atoms with Crippen LogP contribution in [0.4, 0.5) is 8.68 Å². The fourth-order valence-corrected chi connectivity index (χ4v) is 6.35. The van der Waals surface area contributed by atoms with Crippen LogP contribution in [0.2, 0.25) is 0 Å². The lowest BCUT2D eigenvalue weighted by atomic mass is 9.68. The summed E-state index contributed by atoms with van der Waals surface area (Å²) in [5.41, 5.74) is 0.634. The molecule has 4 rings (SSSR count). The highest BCUT2D eigenvalue weighted by atomic mass is 32.2. The zero-order valence-corrected chi connectivity index (χ0v) is 22.5. The van der Waals surface area contributed by atoms with Crippen LogP contribution in [-0.4, -0.2) is 73.9 Å². The molecule has 2 saturated heterocycles. The molecule has 2 saturated carbocycles. The van der Waals surface area contributed by atoms with Crippen LogP contribution in [0.3, 0.4) is 0 Å². The van der Waals surface area contributed by atoms with E-state index in [0.29, 0.717) is 13.0 Å². The van der Waals surface area contributed by atoms with Gasteiger partial charge in [0.25, 0.3) is 0 Å². The van der Waals surface area contributed by atoms with Gasteiger partial charge in [-0.05, 0) is 65.7 Å². The summed E-state index contributed by atoms with van der Waals surface area (Å²) in [6.45, 7) is 6.91. The van der Waals surface area contributed by atoms with Crippen LogP contribution in [0.25, 0.3) is 0 Å². The van der Waals surface area contributed by atoms with E-state index in [-0.39, 0.29) is 72.3 Å². The van der Waals surface area contributed by atoms with Crippen molar-refractivity contribution in [2.75, 3.05) is 20.3 Å². The number of carbonyl (C=O) groups is 2. The third-order valence-corrected chi connectivity index (χ3v) is 8.45. The van der Waals surface area contributed by atoms with Gasteiger partial charge < -0.3 is 29.6 Å². The van der Waals surface area contributed by atoms with Gasteiger partial charge in [0.15, 0.2) is 0 Å². The molecule has 0 bridgehead atoms. The molecule has 0 aromatic heterocycles. The fraction of sp³-hybridized carbons (Fsp3) is 0.840. The first kappa shape index (κ1) is 27.6. The van der Waals surface area contributed by atoms with Crippen molar-refractivity contribution in [3.8, 4) is 0 Å². The van der Waals surface area contributed by atoms with Crippen molar-refractivity contribution in [3.05, 3.63) is 11.6 Å². The lowest BCUT2D eigenvalue weighted by Gasteiger charge is -2.42. The molecule has 9 nitrogen and oxygen atoms in total. The molecule has 0 aromatic carbocycles. The molecular formula is C25H40FN3O6S. The van der Waals surface area contributed by atoms with Crippen molar-refractivity contribution < 1.29 is 32.4 Å². The molecule has 2 amide bonds. The van der Waals surface area contributed by atoms with Crippen LogP contribution in [0, 0.1) is 5.92 Å². The number of rotatable bonds is 10. The largest absolute Gasteiger partial charge is 0.443 e. The lowest BCUT2D eigenvalue weighted by Crippen LogP contribution is -2.56. The molecular weight excluding hydrogens is 489 g/mol. The van der Waals surface area contributed by atoms with E-state index in [9.17, 15) is 13.5 Å². The van der Waals surface area contributed by atoms with E-state index in [1.807, 2.05) is 0 Å². The van der Waals surface area contributed by atoms with Gasteiger partial charge in [-0.3, -0.25) is 4.79 Å². The molecule has 0 aromatic rings. The topological polar surface area (TPSA) is 114 Å². The standard InChI is InChI=1S/C25H40FN3O6S/c1-15(2)5-10-19-24(3,35-19)22-21(32-4)18(11-12-25(22)14-33-25)34-23(31)29-17-8-6-16(7-9-17)28-20(30)13-27-36-26/h5,16-19,21-22,27H,6-14H2,1-4H3,(H,28,30)(H,29,31). The molecule has 6 unspecified atom stereocenters. The smallest absolute Gasteiger partial charge is 0.407 e. The lowest BCUT2D eigenvalue weighted by molar-refractivity contribution is -0.120. The number of epoxide rings is 2. The van der Waals surface area contributed by atoms with Gasteiger partial charge >= 0.3 is 6.09 Å². The second-order valence-electron chi connectivity index (χ2n) is 11.0. The molecule has 2 heterocycles. The number of allylic oxidation sites excluding steroid dienone is 1. The summed E-state index contributed by atoms with van der Waals surface area (Å²) >= 11 is -0.0711. The molecule has 204 valence electrons. The number of alkyl carbamates (subject to hydrolysis) is 1. The molecule has 4 aliphatic rings. The van der Waals surface area contributed by atoms with Crippen molar-refractivity contribution in [3.63, 3.8) is 0 Å². The molecule has 6 atom stereocenters. The van der Waals surface area contributed by atoms with E-state index in [2.05, 4.69) is 42.2 Å². The van der Waals surface area contributed by atoms with Crippen molar-refractivity contribution >= 4 is 24.3 Å². The van der Waals surface area contributed by atoms with Gasteiger partial charge in [0.1, 0.15) is 35.7 Å². The van der Waals surface area contributed by atoms with Crippen molar-refractivity contribution in [2.45, 2.75) is 107 Å². The van der Waals surface area contributed by atoms with Gasteiger partial charge in [-0.15, -0.1) is 3.89 Å². The summed E-state index contributed by atoms with van der Waals surface area (Å²) in [6.07, 6.45) is 6.48. The Morgan fingerprint density at radius 3 is 2.39 bits per heavy atom. The van der Waals surface area contributed by atoms with Crippen LogP contribution in [0.5, 0.6) is 0 Å². The molecule has 11 heteroatoms. The van der Waals surface area contributed by atoms with Gasteiger partial charge in [0.2, 0.25) is 5.91 Å². The predicted octanol–water partition coefficient (Wildman–Crippen LogP) is 3.34. The zero-order valence-electron chi connectivity index (χ0n) is 21.6. The Hall–Kier alpha value is -1.40. The molecule has 1 spiro atoms. The van der Waals surface area contributed by atoms with Gasteiger partial charge in [-0.25, -0.2) is 9.52 Å². The van der Waals surface area contributed by atoms with Gasteiger partial charge in [-0.1, -0.05) is 11.6 Å². The van der Waals surface area contributed by atoms with Gasteiger partial charge in [-0.2, -0.15) is 0 Å². The number of amides is 2. The monoisotopic (exact) mass is 529 g/mol. The maximum atomic E-state index is 12.8. The van der Waals surface area contributed by atoms with Crippen molar-refractivity contribution in [1.82, 2.24) is 15.4 Å². The Balaban J connectivity index is 1.28. The third-order valence-electron chi connectivity index (χ3n) is 8.20. The summed E-state index contributed by atoms with van der Waals surface area (Å²) < 4.78 is 38.4. The second-order valence-corrected chi connectivity index (χ2v) is 11.4. The Morgan fingerprint density at radius 2 is 1.81 bits per heavy atom. The molecule has 36 heavy (non-hydrogen) atoms. The first-order valence-corrected chi connectivity index (χ1v) is 13.7. The minimum absolute atomic E-state index is 0.0125. The maximum absolute atomic E-state index is 12.8. The summed E-state index contributed by atoms with van der Waals surface area (Å²) in [4.78, 5) is 24.6. The molecule has 4 fully saturated rings. The van der Waals surface area contributed by atoms with Crippen molar-refractivity contribution in [1.29, 1.82) is 0 Å². The van der Waals surface area contributed by atoms with Crippen LogP contribution >= 0.6 is 12.3 Å². The van der Waals surface area contributed by atoms with E-state index < -0.39 is 6.09 Å². The van der Waals surface area contributed by atoms with Crippen molar-refractivity contribution in [2.24, 2.45) is 5.92 Å². The maximum Gasteiger partial charge on any atom is 0.407 e. The first-order chi connectivity index (χ1) is 17.2. The highest BCUT2D eigenvalue weighted by molar-refractivity contribution is 7.92. The number of nitrogens with one attached hydrogen (secondary N) is 3. The minimum atomic E-state index is -0.437. The quantitative estimate of drug-likeness (QED) is 0.224. The fourth-order valence-electron chi connectivity index (χ4n) is 6.16. The molecule has 2 aliphatic heterocycles. The SMILES string of the molecule is COC1C(OC(=O)NC2CCC(NC(=O)CNSF)CC2)CCC2(CO2)C1C1(C)OC1CC=C(C)C. The number of ether oxygens (including phenoxy) is 4. The summed E-state index contributed by atoms with van der Waals surface area (Å²) in [7, 11) is 1.67. The van der Waals surface area contributed by atoms with Crippen LogP contribution in [0.15, 0.2) is 11.6 Å². The van der Waals surface area contributed by atoms with Crippen LogP contribution < -0.4 is 15.4 Å². The molecule has 3 N–H and O–H groups in total. The minimum Gasteiger partial charge on any atom is -0.443 e. The number of methoxy groups -OCH3 is 1. The normalized spacial score (nSPS) is 39.2. The highest BCUT2D eigenvalue weighted by Crippen LogP contribution is 2.59. The van der Waals surface area contributed by atoms with Crippen LogP contribution in [-0.2, 0) is 23.7 Å². The average Bonchev–Trinajstić information content (AvgIpc) is 3.75. The summed E-state index contributed by atoms with van der Waals surface area (Å²) in [6, 6.07) is 0.0182. The first-order valence-electron chi connectivity index (χ1n) is 13.0. The average molecular weight is 530 g/mol. The Morgan fingerprint density at radius 1 is 1.14 bits per heavy atom. The Labute approximate surface area is 217 Å². The number of carbonyl (C=O) groups excluding carboxylic acids is 2. The van der Waals surface area contributed by atoms with E-state index in [0.717, 1.165) is 38.5 Å². The predicted molar refractivity (Wildman–Crippen MR) is 134 cm³/mol. The Bertz CT molecular complexity index is 831. The molecule has 0 radical (unpaired) electrons. The number of hydrogen-bond donors (Lipinski definition) is 3. The molecule has 2 aliphatic carbocycles. The second kappa shape index (κ2) is 11.6. The van der Waals surface area contributed by atoms with E-state index >= 15 is 0 Å². The number of halogens is 1. The highest BCUT2D eigenvalue weighted by Gasteiger charge is 2.72. The van der Waals surface area contributed by atoms with E-state index in [4.69, 9.17) is 18.9 Å². The van der Waals surface area contributed by atoms with E-state index in [1.54, 1.807) is 7.11 Å². The van der Waals surface area contributed by atoms with Gasteiger partial charge in [0.05, 0.1) is 25.2 Å². The van der Waals surface area contributed by atoms with Crippen LogP contribution in [0.1, 0.15) is 65.7 Å². The summed E-state index contributed by atoms with van der Waals surface area (Å²) in [5.74, 6) is -0.247. The number of hydrogen-bond acceptors (Lipinski definition) is 8. The van der Waals surface area contributed by atoms with Gasteiger partial charge in [0, 0.05) is 19.2 Å². The zero-order chi connectivity index (χ0) is 25.9. The summed E-state index contributed by atoms with van der Waals surface area (Å²) in [5, 5.41) is 5.90.